The Kier molecular flexibility index (Phi) is 5.21. The second-order valence-corrected chi connectivity index (χ2v) is 6.66. The van der Waals surface area contributed by atoms with Gasteiger partial charge in [0.1, 0.15) is 0 Å². The fraction of sp³-hybridized carbons (Fsp3) is 0.273. The topological polar surface area (TPSA) is 46.4 Å². The standard InChI is InChI=1S/C22H25N3O/c1-5-25-17(4)20(19-8-6-7-9-21(19)25)14-23-24-22(26)13-18-12-15(2)10-11-16(18)3/h6-12,14H,5,13H2,1-4H3,(H,24,26)/b23-14-. The van der Waals surface area contributed by atoms with Crippen molar-refractivity contribution >= 4 is 23.0 Å². The molecule has 3 aromatic rings. The summed E-state index contributed by atoms with van der Waals surface area (Å²) in [5.74, 6) is -0.105. The number of hydrazone groups is 1. The summed E-state index contributed by atoms with van der Waals surface area (Å²) in [6, 6.07) is 14.4. The fourth-order valence-corrected chi connectivity index (χ4v) is 3.40. The Bertz CT molecular complexity index is 982. The summed E-state index contributed by atoms with van der Waals surface area (Å²) in [5.41, 5.74) is 9.38. The van der Waals surface area contributed by atoms with Gasteiger partial charge < -0.3 is 4.57 Å². The van der Waals surface area contributed by atoms with Crippen molar-refractivity contribution in [3.05, 3.63) is 70.4 Å². The molecule has 0 radical (unpaired) electrons. The molecule has 0 aliphatic carbocycles. The Labute approximate surface area is 154 Å². The molecule has 0 aliphatic heterocycles. The van der Waals surface area contributed by atoms with Crippen LogP contribution in [0.4, 0.5) is 0 Å². The van der Waals surface area contributed by atoms with E-state index in [0.717, 1.165) is 39.9 Å². The zero-order valence-electron chi connectivity index (χ0n) is 15.8. The number of nitrogens with zero attached hydrogens (tertiary/aromatic N) is 2. The minimum absolute atomic E-state index is 0.105. The van der Waals surface area contributed by atoms with Gasteiger partial charge in [-0.15, -0.1) is 0 Å². The van der Waals surface area contributed by atoms with Crippen LogP contribution in [0.1, 0.15) is 34.9 Å². The Balaban J connectivity index is 1.77. The molecule has 0 atom stereocenters. The van der Waals surface area contributed by atoms with Gasteiger partial charge in [-0.05, 0) is 44.9 Å². The van der Waals surface area contributed by atoms with E-state index in [1.165, 1.54) is 5.52 Å². The first kappa shape index (κ1) is 17.9. The Morgan fingerprint density at radius 1 is 1.15 bits per heavy atom. The molecule has 0 saturated carbocycles. The smallest absolute Gasteiger partial charge is 0.244 e. The average Bonchev–Trinajstić information content (AvgIpc) is 2.89. The van der Waals surface area contributed by atoms with Gasteiger partial charge in [0, 0.05) is 28.7 Å². The molecular formula is C22H25N3O. The molecule has 26 heavy (non-hydrogen) atoms. The number of aromatic nitrogens is 1. The van der Waals surface area contributed by atoms with Crippen molar-refractivity contribution in [3.63, 3.8) is 0 Å². The molecular weight excluding hydrogens is 322 g/mol. The number of aryl methyl sites for hydroxylation is 3. The molecule has 4 nitrogen and oxygen atoms in total. The van der Waals surface area contributed by atoms with Crippen molar-refractivity contribution in [1.82, 2.24) is 9.99 Å². The summed E-state index contributed by atoms with van der Waals surface area (Å²) in [6.45, 7) is 9.17. The van der Waals surface area contributed by atoms with Gasteiger partial charge in [-0.25, -0.2) is 5.43 Å². The normalized spacial score (nSPS) is 11.4. The van der Waals surface area contributed by atoms with Crippen LogP contribution in [0.3, 0.4) is 0 Å². The van der Waals surface area contributed by atoms with Crippen LogP contribution in [-0.2, 0) is 17.8 Å². The lowest BCUT2D eigenvalue weighted by molar-refractivity contribution is -0.120. The molecule has 1 amide bonds. The van der Waals surface area contributed by atoms with Gasteiger partial charge in [-0.2, -0.15) is 5.10 Å². The van der Waals surface area contributed by atoms with Gasteiger partial charge in [0.15, 0.2) is 0 Å². The van der Waals surface area contributed by atoms with Crippen molar-refractivity contribution < 1.29 is 4.79 Å². The number of hydrogen-bond acceptors (Lipinski definition) is 2. The monoisotopic (exact) mass is 347 g/mol. The number of carbonyl (C=O) groups is 1. The lowest BCUT2D eigenvalue weighted by Gasteiger charge is -2.06. The average molecular weight is 347 g/mol. The van der Waals surface area contributed by atoms with E-state index in [2.05, 4.69) is 53.2 Å². The van der Waals surface area contributed by atoms with E-state index in [1.54, 1.807) is 6.21 Å². The molecule has 0 fully saturated rings. The molecule has 0 unspecified atom stereocenters. The lowest BCUT2D eigenvalue weighted by atomic mass is 10.0. The van der Waals surface area contributed by atoms with Crippen LogP contribution in [-0.4, -0.2) is 16.7 Å². The molecule has 1 aromatic heterocycles. The van der Waals surface area contributed by atoms with Crippen LogP contribution in [0.2, 0.25) is 0 Å². The van der Waals surface area contributed by atoms with Gasteiger partial charge in [0.05, 0.1) is 12.6 Å². The van der Waals surface area contributed by atoms with Crippen LogP contribution in [0.15, 0.2) is 47.6 Å². The number of nitrogens with one attached hydrogen (secondary N) is 1. The molecule has 1 heterocycles. The Morgan fingerprint density at radius 2 is 1.92 bits per heavy atom. The van der Waals surface area contributed by atoms with E-state index < -0.39 is 0 Å². The number of fused-ring (bicyclic) bond motifs is 1. The van der Waals surface area contributed by atoms with Crippen molar-refractivity contribution in [1.29, 1.82) is 0 Å². The highest BCUT2D eigenvalue weighted by Crippen LogP contribution is 2.24. The summed E-state index contributed by atoms with van der Waals surface area (Å²) in [4.78, 5) is 12.2. The quantitative estimate of drug-likeness (QED) is 0.543. The van der Waals surface area contributed by atoms with E-state index in [1.807, 2.05) is 32.0 Å². The van der Waals surface area contributed by atoms with Crippen LogP contribution in [0.5, 0.6) is 0 Å². The number of carbonyl (C=O) groups excluding carboxylic acids is 1. The molecule has 4 heteroatoms. The van der Waals surface area contributed by atoms with Crippen molar-refractivity contribution in [3.8, 4) is 0 Å². The zero-order chi connectivity index (χ0) is 18.7. The van der Waals surface area contributed by atoms with Crippen LogP contribution < -0.4 is 5.43 Å². The first-order valence-electron chi connectivity index (χ1n) is 8.97. The van der Waals surface area contributed by atoms with Gasteiger partial charge >= 0.3 is 0 Å². The van der Waals surface area contributed by atoms with E-state index >= 15 is 0 Å². The fourth-order valence-electron chi connectivity index (χ4n) is 3.40. The van der Waals surface area contributed by atoms with Crippen molar-refractivity contribution in [2.45, 2.75) is 40.7 Å². The van der Waals surface area contributed by atoms with E-state index in [-0.39, 0.29) is 5.91 Å². The minimum Gasteiger partial charge on any atom is -0.344 e. The first-order chi connectivity index (χ1) is 12.5. The molecule has 3 rings (SSSR count). The second-order valence-electron chi connectivity index (χ2n) is 6.66. The van der Waals surface area contributed by atoms with E-state index in [9.17, 15) is 4.79 Å². The van der Waals surface area contributed by atoms with E-state index in [4.69, 9.17) is 0 Å². The third kappa shape index (κ3) is 3.54. The van der Waals surface area contributed by atoms with Crippen LogP contribution in [0.25, 0.3) is 10.9 Å². The molecule has 134 valence electrons. The predicted molar refractivity (Wildman–Crippen MR) is 108 cm³/mol. The Morgan fingerprint density at radius 3 is 2.69 bits per heavy atom. The first-order valence-corrected chi connectivity index (χ1v) is 8.97. The lowest BCUT2D eigenvalue weighted by Crippen LogP contribution is -2.20. The van der Waals surface area contributed by atoms with Crippen molar-refractivity contribution in [2.24, 2.45) is 5.10 Å². The Hall–Kier alpha value is -2.88. The summed E-state index contributed by atoms with van der Waals surface area (Å²) in [6.07, 6.45) is 2.09. The summed E-state index contributed by atoms with van der Waals surface area (Å²) < 4.78 is 2.26. The summed E-state index contributed by atoms with van der Waals surface area (Å²) in [5, 5.41) is 5.36. The SMILES string of the molecule is CCn1c(C)c(/C=N\NC(=O)Cc2cc(C)ccc2C)c2ccccc21. The molecule has 2 aromatic carbocycles. The summed E-state index contributed by atoms with van der Waals surface area (Å²) in [7, 11) is 0. The van der Waals surface area contributed by atoms with Gasteiger partial charge in [0.2, 0.25) is 5.91 Å². The van der Waals surface area contributed by atoms with Crippen molar-refractivity contribution in [2.75, 3.05) is 0 Å². The molecule has 0 spiro atoms. The number of benzene rings is 2. The number of para-hydroxylation sites is 1. The highest BCUT2D eigenvalue weighted by Gasteiger charge is 2.11. The maximum atomic E-state index is 12.2. The van der Waals surface area contributed by atoms with Gasteiger partial charge in [0.25, 0.3) is 0 Å². The second kappa shape index (κ2) is 7.56. The number of hydrogen-bond donors (Lipinski definition) is 1. The number of rotatable bonds is 5. The zero-order valence-corrected chi connectivity index (χ0v) is 15.8. The van der Waals surface area contributed by atoms with Gasteiger partial charge in [-0.1, -0.05) is 42.0 Å². The number of amides is 1. The van der Waals surface area contributed by atoms with Gasteiger partial charge in [-0.3, -0.25) is 4.79 Å². The molecule has 0 aliphatic rings. The third-order valence-corrected chi connectivity index (χ3v) is 4.83. The van der Waals surface area contributed by atoms with Crippen LogP contribution in [0, 0.1) is 20.8 Å². The maximum absolute atomic E-state index is 12.2. The maximum Gasteiger partial charge on any atom is 0.244 e. The highest BCUT2D eigenvalue weighted by atomic mass is 16.2. The molecule has 0 bridgehead atoms. The minimum atomic E-state index is -0.105. The molecule has 0 saturated heterocycles. The highest BCUT2D eigenvalue weighted by molar-refractivity contribution is 6.01. The third-order valence-electron chi connectivity index (χ3n) is 4.83. The predicted octanol–water partition coefficient (Wildman–Crippen LogP) is 4.28. The largest absolute Gasteiger partial charge is 0.344 e. The summed E-state index contributed by atoms with van der Waals surface area (Å²) >= 11 is 0. The molecule has 1 N–H and O–H groups in total. The van der Waals surface area contributed by atoms with E-state index in [0.29, 0.717) is 6.42 Å². The van der Waals surface area contributed by atoms with Crippen LogP contribution >= 0.6 is 0 Å².